The zero-order valence-corrected chi connectivity index (χ0v) is 20.0. The predicted molar refractivity (Wildman–Crippen MR) is 134 cm³/mol. The molecule has 0 bridgehead atoms. The number of hydrogen-bond donors (Lipinski definition) is 0. The van der Waals surface area contributed by atoms with Gasteiger partial charge in [0.15, 0.2) is 0 Å². The predicted octanol–water partition coefficient (Wildman–Crippen LogP) is 7.76. The number of rotatable bonds is 7. The molecule has 1 fully saturated rings. The number of carbonyl (C=O) groups excluding carboxylic acids is 1. The van der Waals surface area contributed by atoms with Crippen LogP contribution in [0.5, 0.6) is 0 Å². The number of amides is 1. The minimum Gasteiger partial charge on any atom is -0.312 e. The summed E-state index contributed by atoms with van der Waals surface area (Å²) in [5, 5.41) is 9.45. The Hall–Kier alpha value is -2.86. The summed E-state index contributed by atoms with van der Waals surface area (Å²) in [4.78, 5) is 16.1. The van der Waals surface area contributed by atoms with Crippen molar-refractivity contribution in [3.05, 3.63) is 71.4 Å². The second kappa shape index (κ2) is 10.8. The number of allylic oxidation sites excluding steroid dienone is 2. The van der Waals surface area contributed by atoms with Crippen LogP contribution in [0.15, 0.2) is 60.3 Å². The molecule has 0 saturated heterocycles. The normalized spacial score (nSPS) is 18.0. The average Bonchev–Trinajstić information content (AvgIpc) is 3.34. The van der Waals surface area contributed by atoms with Crippen molar-refractivity contribution in [2.75, 3.05) is 0 Å². The molecule has 0 atom stereocenters. The molecule has 1 aliphatic heterocycles. The van der Waals surface area contributed by atoms with E-state index >= 15 is 0 Å². The summed E-state index contributed by atoms with van der Waals surface area (Å²) in [5.74, 6) is 0.362. The summed E-state index contributed by atoms with van der Waals surface area (Å²) in [6, 6.07) is 18.4. The van der Waals surface area contributed by atoms with Gasteiger partial charge in [-0.05, 0) is 67.7 Å². The molecule has 3 nitrogen and oxygen atoms in total. The van der Waals surface area contributed by atoms with E-state index in [-0.39, 0.29) is 5.41 Å². The van der Waals surface area contributed by atoms with Crippen LogP contribution in [-0.2, 0) is 11.3 Å². The van der Waals surface area contributed by atoms with Crippen LogP contribution in [0, 0.1) is 16.7 Å². The van der Waals surface area contributed by atoms with E-state index in [0.717, 1.165) is 61.6 Å². The Morgan fingerprint density at radius 2 is 1.70 bits per heavy atom. The zero-order valence-electron chi connectivity index (χ0n) is 20.0. The average molecular weight is 441 g/mol. The highest BCUT2D eigenvalue weighted by Gasteiger charge is 2.44. The summed E-state index contributed by atoms with van der Waals surface area (Å²) < 4.78 is 0. The number of unbranched alkanes of at least 4 members (excludes halogenated alkanes) is 2. The van der Waals surface area contributed by atoms with E-state index in [1.54, 1.807) is 0 Å². The quantitative estimate of drug-likeness (QED) is 0.413. The third-order valence-corrected chi connectivity index (χ3v) is 7.54. The summed E-state index contributed by atoms with van der Waals surface area (Å²) in [6.45, 7) is 2.87. The topological polar surface area (TPSA) is 44.1 Å². The van der Waals surface area contributed by atoms with Crippen LogP contribution in [0.2, 0.25) is 0 Å². The van der Waals surface area contributed by atoms with Crippen LogP contribution >= 0.6 is 0 Å². The Balaban J connectivity index is 1.60. The molecule has 0 radical (unpaired) electrons. The smallest absolute Gasteiger partial charge is 0.233 e. The minimum atomic E-state index is -0.143. The van der Waals surface area contributed by atoms with Gasteiger partial charge >= 0.3 is 0 Å². The molecule has 0 N–H and O–H groups in total. The molecule has 4 rings (SSSR count). The summed E-state index contributed by atoms with van der Waals surface area (Å²) in [7, 11) is 0. The molecular formula is C30H36N2O. The number of nitrogens with zero attached hydrogens (tertiary/aromatic N) is 2. The molecule has 2 aliphatic rings. The monoisotopic (exact) mass is 440 g/mol. The van der Waals surface area contributed by atoms with E-state index in [4.69, 9.17) is 0 Å². The highest BCUT2D eigenvalue weighted by Crippen LogP contribution is 2.46. The lowest BCUT2D eigenvalue weighted by atomic mass is 9.78. The van der Waals surface area contributed by atoms with Crippen molar-refractivity contribution < 1.29 is 4.79 Å². The van der Waals surface area contributed by atoms with E-state index in [9.17, 15) is 10.1 Å². The van der Waals surface area contributed by atoms with Crippen LogP contribution in [0.3, 0.4) is 0 Å². The third-order valence-electron chi connectivity index (χ3n) is 7.54. The maximum atomic E-state index is 14.0. The first-order valence-corrected chi connectivity index (χ1v) is 12.8. The lowest BCUT2D eigenvalue weighted by Gasteiger charge is -2.37. The number of nitriles is 1. The SMILES string of the molecule is CCCCCC1=CCCCC2(CCCC2)C(=O)N1Cc1ccc(-c2ccccc2C#N)cc1. The molecule has 0 aromatic heterocycles. The van der Waals surface area contributed by atoms with E-state index in [2.05, 4.69) is 48.2 Å². The van der Waals surface area contributed by atoms with Crippen LogP contribution < -0.4 is 0 Å². The Labute approximate surface area is 199 Å². The molecule has 0 unspecified atom stereocenters. The molecule has 1 spiro atoms. The van der Waals surface area contributed by atoms with Crippen molar-refractivity contribution in [2.24, 2.45) is 5.41 Å². The van der Waals surface area contributed by atoms with Gasteiger partial charge in [-0.15, -0.1) is 0 Å². The van der Waals surface area contributed by atoms with Gasteiger partial charge in [-0.3, -0.25) is 4.79 Å². The maximum absolute atomic E-state index is 14.0. The minimum absolute atomic E-state index is 0.143. The highest BCUT2D eigenvalue weighted by atomic mass is 16.2. The van der Waals surface area contributed by atoms with Gasteiger partial charge in [-0.2, -0.15) is 5.26 Å². The largest absolute Gasteiger partial charge is 0.312 e. The van der Waals surface area contributed by atoms with Gasteiger partial charge in [0.05, 0.1) is 18.2 Å². The van der Waals surface area contributed by atoms with E-state index in [1.165, 1.54) is 31.4 Å². The van der Waals surface area contributed by atoms with Crippen LogP contribution in [0.25, 0.3) is 11.1 Å². The van der Waals surface area contributed by atoms with Crippen molar-refractivity contribution in [3.63, 3.8) is 0 Å². The summed E-state index contributed by atoms with van der Waals surface area (Å²) in [6.07, 6.45) is 14.6. The molecule has 1 saturated carbocycles. The van der Waals surface area contributed by atoms with Gasteiger partial charge in [0, 0.05) is 11.1 Å². The van der Waals surface area contributed by atoms with Crippen molar-refractivity contribution in [1.82, 2.24) is 4.90 Å². The molecule has 33 heavy (non-hydrogen) atoms. The van der Waals surface area contributed by atoms with Gasteiger partial charge in [0.1, 0.15) is 0 Å². The molecule has 3 heteroatoms. The van der Waals surface area contributed by atoms with Gasteiger partial charge in [-0.1, -0.05) is 81.1 Å². The number of hydrogen-bond acceptors (Lipinski definition) is 2. The molecule has 2 aromatic rings. The third kappa shape index (κ3) is 5.22. The second-order valence-electron chi connectivity index (χ2n) is 9.78. The Kier molecular flexibility index (Phi) is 7.65. The van der Waals surface area contributed by atoms with Gasteiger partial charge < -0.3 is 4.90 Å². The summed E-state index contributed by atoms with van der Waals surface area (Å²) in [5.41, 5.74) is 4.93. The molecule has 1 amide bonds. The van der Waals surface area contributed by atoms with E-state index in [0.29, 0.717) is 18.0 Å². The van der Waals surface area contributed by atoms with Crippen LogP contribution in [0.1, 0.15) is 88.7 Å². The van der Waals surface area contributed by atoms with Crippen molar-refractivity contribution >= 4 is 5.91 Å². The lowest BCUT2D eigenvalue weighted by Crippen LogP contribution is -2.42. The van der Waals surface area contributed by atoms with Crippen LogP contribution in [-0.4, -0.2) is 10.8 Å². The highest BCUT2D eigenvalue weighted by molar-refractivity contribution is 5.85. The van der Waals surface area contributed by atoms with Gasteiger partial charge in [0.25, 0.3) is 0 Å². The van der Waals surface area contributed by atoms with Crippen molar-refractivity contribution in [2.45, 2.75) is 84.1 Å². The first-order valence-electron chi connectivity index (χ1n) is 12.8. The Morgan fingerprint density at radius 3 is 2.42 bits per heavy atom. The molecule has 1 heterocycles. The zero-order chi connectivity index (χ0) is 23.1. The standard InChI is InChI=1S/C30H36N2O/c1-2-3-4-12-27-13-7-8-19-30(20-9-10-21-30)29(33)32(27)23-24-15-17-25(18-16-24)28-14-6-5-11-26(28)22-31/h5-6,11,13-18H,2-4,7-10,12,19-21,23H2,1H3. The number of benzene rings is 2. The van der Waals surface area contributed by atoms with Crippen LogP contribution in [0.4, 0.5) is 0 Å². The molecular weight excluding hydrogens is 404 g/mol. The van der Waals surface area contributed by atoms with E-state index < -0.39 is 0 Å². The van der Waals surface area contributed by atoms with Gasteiger partial charge in [-0.25, -0.2) is 0 Å². The fraction of sp³-hybridized carbons (Fsp3) is 0.467. The van der Waals surface area contributed by atoms with Crippen molar-refractivity contribution in [1.29, 1.82) is 5.26 Å². The first kappa shape index (κ1) is 23.3. The fourth-order valence-corrected chi connectivity index (χ4v) is 5.63. The lowest BCUT2D eigenvalue weighted by molar-refractivity contribution is -0.141. The molecule has 1 aliphatic carbocycles. The summed E-state index contributed by atoms with van der Waals surface area (Å²) >= 11 is 0. The maximum Gasteiger partial charge on any atom is 0.233 e. The fourth-order valence-electron chi connectivity index (χ4n) is 5.63. The molecule has 2 aromatic carbocycles. The van der Waals surface area contributed by atoms with E-state index in [1.807, 2.05) is 24.3 Å². The molecule has 172 valence electrons. The second-order valence-corrected chi connectivity index (χ2v) is 9.78. The number of carbonyl (C=O) groups is 1. The van der Waals surface area contributed by atoms with Crippen molar-refractivity contribution in [3.8, 4) is 17.2 Å². The Morgan fingerprint density at radius 1 is 0.970 bits per heavy atom. The Bertz CT molecular complexity index is 1020. The van der Waals surface area contributed by atoms with Gasteiger partial charge in [0.2, 0.25) is 5.91 Å². The first-order chi connectivity index (χ1) is 16.2.